The van der Waals surface area contributed by atoms with Gasteiger partial charge in [0.1, 0.15) is 0 Å². The Balaban J connectivity index is 1.15. The Bertz CT molecular complexity index is 706. The molecule has 31 heavy (non-hydrogen) atoms. The third-order valence-corrected chi connectivity index (χ3v) is 8.39. The van der Waals surface area contributed by atoms with Crippen LogP contribution in [-0.2, 0) is 22.4 Å². The topological polar surface area (TPSA) is 32.8 Å². The van der Waals surface area contributed by atoms with Crippen molar-refractivity contribution in [2.45, 2.75) is 82.8 Å². The fourth-order valence-corrected chi connectivity index (χ4v) is 6.50. The van der Waals surface area contributed by atoms with Crippen LogP contribution in [0.15, 0.2) is 24.3 Å². The smallest absolute Gasteiger partial charge is 0.225 e. The Morgan fingerprint density at radius 2 is 1.61 bits per heavy atom. The number of rotatable bonds is 6. The van der Waals surface area contributed by atoms with Crippen LogP contribution >= 0.6 is 0 Å². The van der Waals surface area contributed by atoms with Crippen molar-refractivity contribution in [1.29, 1.82) is 0 Å². The molecule has 3 fully saturated rings. The summed E-state index contributed by atoms with van der Waals surface area (Å²) in [6.07, 6.45) is 13.4. The molecule has 4 nitrogen and oxygen atoms in total. The van der Waals surface area contributed by atoms with Crippen LogP contribution in [0, 0.1) is 11.8 Å². The largest absolute Gasteiger partial charge is 0.376 e. The van der Waals surface area contributed by atoms with Crippen molar-refractivity contribution in [3.8, 4) is 0 Å². The summed E-state index contributed by atoms with van der Waals surface area (Å²) in [5, 5.41) is 0. The number of nitrogens with zero attached hydrogens (tertiary/aromatic N) is 2. The molecule has 1 aromatic carbocycles. The summed E-state index contributed by atoms with van der Waals surface area (Å²) in [6.45, 7) is 5.03. The molecule has 4 heteroatoms. The number of ether oxygens (including phenoxy) is 1. The first-order valence-corrected chi connectivity index (χ1v) is 13.0. The van der Waals surface area contributed by atoms with Gasteiger partial charge in [-0.15, -0.1) is 0 Å². The minimum absolute atomic E-state index is 0.268. The molecule has 1 aromatic rings. The quantitative estimate of drug-likeness (QED) is 0.676. The van der Waals surface area contributed by atoms with Crippen LogP contribution in [0.25, 0.3) is 0 Å². The molecule has 2 saturated heterocycles. The Labute approximate surface area is 188 Å². The number of likely N-dealkylation sites (tertiary alicyclic amines) is 1. The Morgan fingerprint density at radius 3 is 2.26 bits per heavy atom. The molecule has 0 unspecified atom stereocenters. The van der Waals surface area contributed by atoms with E-state index in [2.05, 4.69) is 34.1 Å². The van der Waals surface area contributed by atoms with Crippen LogP contribution in [0.2, 0.25) is 0 Å². The van der Waals surface area contributed by atoms with Crippen LogP contribution < -0.4 is 0 Å². The molecule has 4 aliphatic rings. The molecule has 170 valence electrons. The maximum atomic E-state index is 13.4. The number of hydrogen-bond donors (Lipinski definition) is 0. The summed E-state index contributed by atoms with van der Waals surface area (Å²) in [6, 6.07) is 9.66. The molecule has 5 rings (SSSR count). The maximum Gasteiger partial charge on any atom is 0.225 e. The lowest BCUT2D eigenvalue weighted by Crippen LogP contribution is -2.47. The van der Waals surface area contributed by atoms with E-state index >= 15 is 0 Å². The second kappa shape index (κ2) is 10.0. The molecule has 0 radical (unpaired) electrons. The third-order valence-electron chi connectivity index (χ3n) is 8.39. The molecule has 0 spiro atoms. The summed E-state index contributed by atoms with van der Waals surface area (Å²) >= 11 is 0. The summed E-state index contributed by atoms with van der Waals surface area (Å²) in [5.74, 6) is 1.35. The molecular weight excluding hydrogens is 384 g/mol. The molecule has 2 heterocycles. The fourth-order valence-electron chi connectivity index (χ4n) is 6.50. The molecule has 1 atom stereocenters. The summed E-state index contributed by atoms with van der Waals surface area (Å²) < 4.78 is 5.92. The van der Waals surface area contributed by atoms with E-state index in [9.17, 15) is 4.79 Å². The molecule has 1 saturated carbocycles. The number of fused-ring (bicyclic) bond motifs is 1. The van der Waals surface area contributed by atoms with Crippen LogP contribution in [0.1, 0.15) is 68.9 Å². The predicted octanol–water partition coefficient (Wildman–Crippen LogP) is 4.45. The summed E-state index contributed by atoms with van der Waals surface area (Å²) in [5.41, 5.74) is 3.10. The van der Waals surface area contributed by atoms with Crippen molar-refractivity contribution in [3.63, 3.8) is 0 Å². The van der Waals surface area contributed by atoms with Crippen molar-refractivity contribution in [1.82, 2.24) is 9.80 Å². The lowest BCUT2D eigenvalue weighted by atomic mass is 9.87. The van der Waals surface area contributed by atoms with Gasteiger partial charge in [-0.05, 0) is 81.5 Å². The van der Waals surface area contributed by atoms with Gasteiger partial charge in [0.15, 0.2) is 0 Å². The highest BCUT2D eigenvalue weighted by Gasteiger charge is 2.33. The van der Waals surface area contributed by atoms with E-state index < -0.39 is 0 Å². The molecule has 2 aliphatic heterocycles. The zero-order valence-electron chi connectivity index (χ0n) is 19.1. The molecule has 2 aliphatic carbocycles. The zero-order valence-corrected chi connectivity index (χ0v) is 19.1. The van der Waals surface area contributed by atoms with Crippen molar-refractivity contribution in [2.75, 3.05) is 32.8 Å². The summed E-state index contributed by atoms with van der Waals surface area (Å²) in [4.78, 5) is 18.4. The first-order chi connectivity index (χ1) is 15.3. The van der Waals surface area contributed by atoms with Crippen molar-refractivity contribution in [3.05, 3.63) is 35.4 Å². The van der Waals surface area contributed by atoms with E-state index in [0.29, 0.717) is 17.9 Å². The van der Waals surface area contributed by atoms with Crippen molar-refractivity contribution >= 4 is 5.91 Å². The van der Waals surface area contributed by atoms with Gasteiger partial charge in [-0.25, -0.2) is 0 Å². The number of carbonyl (C=O) groups excluding carboxylic acids is 1. The molecule has 1 amide bonds. The standard InChI is InChI=1S/C27H40N2O2/c30-27(22-7-2-1-3-8-22)29(20-26-11-6-16-31-26)19-21-12-14-28(15-13-21)25-17-23-9-4-5-10-24(23)18-25/h4-5,9-10,21-22,25-26H,1-3,6-8,11-20H2/t26-/m0/s1. The highest BCUT2D eigenvalue weighted by Crippen LogP contribution is 2.31. The molecule has 0 N–H and O–H groups in total. The highest BCUT2D eigenvalue weighted by atomic mass is 16.5. The zero-order chi connectivity index (χ0) is 21.0. The van der Waals surface area contributed by atoms with Crippen LogP contribution in [0.3, 0.4) is 0 Å². The second-order valence-corrected chi connectivity index (χ2v) is 10.5. The van der Waals surface area contributed by atoms with Crippen LogP contribution in [0.5, 0.6) is 0 Å². The SMILES string of the molecule is O=C(C1CCCCC1)N(CC1CCN(C2Cc3ccccc3C2)CC1)C[C@@H]1CCCO1. The Hall–Kier alpha value is -1.39. The lowest BCUT2D eigenvalue weighted by molar-refractivity contribution is -0.139. The van der Waals surface area contributed by atoms with Gasteiger partial charge >= 0.3 is 0 Å². The summed E-state index contributed by atoms with van der Waals surface area (Å²) in [7, 11) is 0. The number of benzene rings is 1. The van der Waals surface area contributed by atoms with E-state index in [-0.39, 0.29) is 12.0 Å². The van der Waals surface area contributed by atoms with E-state index in [4.69, 9.17) is 4.74 Å². The second-order valence-electron chi connectivity index (χ2n) is 10.5. The van der Waals surface area contributed by atoms with E-state index in [0.717, 1.165) is 45.4 Å². The average Bonchev–Trinajstić information content (AvgIpc) is 3.49. The minimum Gasteiger partial charge on any atom is -0.376 e. The van der Waals surface area contributed by atoms with Crippen LogP contribution in [0.4, 0.5) is 0 Å². The molecular formula is C27H40N2O2. The lowest BCUT2D eigenvalue weighted by Gasteiger charge is -2.39. The van der Waals surface area contributed by atoms with Gasteiger partial charge in [-0.2, -0.15) is 0 Å². The molecule has 0 aromatic heterocycles. The maximum absolute atomic E-state index is 13.4. The van der Waals surface area contributed by atoms with E-state index in [1.165, 1.54) is 58.0 Å². The van der Waals surface area contributed by atoms with Crippen molar-refractivity contribution < 1.29 is 9.53 Å². The van der Waals surface area contributed by atoms with Gasteiger partial charge in [-0.3, -0.25) is 9.69 Å². The third kappa shape index (κ3) is 5.17. The van der Waals surface area contributed by atoms with E-state index in [1.54, 1.807) is 11.1 Å². The first-order valence-electron chi connectivity index (χ1n) is 13.0. The monoisotopic (exact) mass is 424 g/mol. The van der Waals surface area contributed by atoms with Crippen LogP contribution in [-0.4, -0.2) is 60.6 Å². The van der Waals surface area contributed by atoms with Gasteiger partial charge in [0.25, 0.3) is 0 Å². The van der Waals surface area contributed by atoms with Gasteiger partial charge in [-0.1, -0.05) is 43.5 Å². The van der Waals surface area contributed by atoms with Gasteiger partial charge in [0.2, 0.25) is 5.91 Å². The average molecular weight is 425 g/mol. The predicted molar refractivity (Wildman–Crippen MR) is 124 cm³/mol. The Kier molecular flexibility index (Phi) is 6.95. The van der Waals surface area contributed by atoms with Gasteiger partial charge in [0, 0.05) is 31.7 Å². The normalized spacial score (nSPS) is 26.3. The Morgan fingerprint density at radius 1 is 0.903 bits per heavy atom. The number of amides is 1. The minimum atomic E-state index is 0.268. The fraction of sp³-hybridized carbons (Fsp3) is 0.741. The first kappa shape index (κ1) is 21.5. The molecule has 0 bridgehead atoms. The number of hydrogen-bond acceptors (Lipinski definition) is 3. The highest BCUT2D eigenvalue weighted by molar-refractivity contribution is 5.79. The van der Waals surface area contributed by atoms with Gasteiger partial charge < -0.3 is 9.64 Å². The van der Waals surface area contributed by atoms with Crippen molar-refractivity contribution in [2.24, 2.45) is 11.8 Å². The van der Waals surface area contributed by atoms with Gasteiger partial charge in [0.05, 0.1) is 6.10 Å². The van der Waals surface area contributed by atoms with E-state index in [1.807, 2.05) is 0 Å². The number of piperidine rings is 1. The number of carbonyl (C=O) groups is 1.